The molecule has 0 radical (unpaired) electrons. The Morgan fingerprint density at radius 1 is 1.27 bits per heavy atom. The first-order valence-corrected chi connectivity index (χ1v) is 5.04. The Bertz CT molecular complexity index is 433. The maximum absolute atomic E-state index is 5.71. The van der Waals surface area contributed by atoms with Gasteiger partial charge in [0.15, 0.2) is 0 Å². The Labute approximate surface area is 88.7 Å². The smallest absolute Gasteiger partial charge is 0.117 e. The summed E-state index contributed by atoms with van der Waals surface area (Å²) in [5.41, 5.74) is 8.65. The third kappa shape index (κ3) is 1.76. The van der Waals surface area contributed by atoms with Crippen molar-refractivity contribution in [3.63, 3.8) is 0 Å². The molecule has 78 valence electrons. The molecule has 0 aliphatic carbocycles. The first-order chi connectivity index (χ1) is 7.36. The molecule has 0 atom stereocenters. The third-order valence-electron chi connectivity index (χ3n) is 2.38. The van der Waals surface area contributed by atoms with E-state index < -0.39 is 0 Å². The lowest BCUT2D eigenvalue weighted by Gasteiger charge is -2.02. The second-order valence-electron chi connectivity index (χ2n) is 3.27. The van der Waals surface area contributed by atoms with Gasteiger partial charge >= 0.3 is 0 Å². The molecule has 1 aromatic heterocycles. The van der Waals surface area contributed by atoms with Gasteiger partial charge < -0.3 is 5.73 Å². The van der Waals surface area contributed by atoms with Crippen molar-refractivity contribution in [1.82, 2.24) is 15.0 Å². The van der Waals surface area contributed by atoms with Crippen LogP contribution >= 0.6 is 0 Å². The van der Waals surface area contributed by atoms with Crippen LogP contribution in [0.4, 0.5) is 0 Å². The van der Waals surface area contributed by atoms with E-state index in [4.69, 9.17) is 5.73 Å². The number of rotatable bonds is 3. The largest absolute Gasteiger partial charge is 0.325 e. The molecule has 0 saturated carbocycles. The zero-order valence-electron chi connectivity index (χ0n) is 8.72. The standard InChI is InChI=1S/C11H14N4/c1-2-15-10(8-12)11(13-14-15)9-6-4-3-5-7-9/h3-7H,2,8,12H2,1H3. The molecule has 0 fully saturated rings. The highest BCUT2D eigenvalue weighted by Gasteiger charge is 2.11. The van der Waals surface area contributed by atoms with Gasteiger partial charge in [-0.25, -0.2) is 4.68 Å². The molecule has 2 N–H and O–H groups in total. The first kappa shape index (κ1) is 9.86. The van der Waals surface area contributed by atoms with E-state index in [1.54, 1.807) is 0 Å². The summed E-state index contributed by atoms with van der Waals surface area (Å²) in [5.74, 6) is 0. The second-order valence-corrected chi connectivity index (χ2v) is 3.27. The van der Waals surface area contributed by atoms with E-state index in [1.807, 2.05) is 41.9 Å². The number of hydrogen-bond acceptors (Lipinski definition) is 3. The number of hydrogen-bond donors (Lipinski definition) is 1. The van der Waals surface area contributed by atoms with E-state index in [2.05, 4.69) is 10.3 Å². The fourth-order valence-electron chi connectivity index (χ4n) is 1.61. The van der Waals surface area contributed by atoms with Gasteiger partial charge in [-0.05, 0) is 6.92 Å². The van der Waals surface area contributed by atoms with Gasteiger partial charge in [-0.3, -0.25) is 0 Å². The van der Waals surface area contributed by atoms with Gasteiger partial charge in [-0.1, -0.05) is 35.5 Å². The number of nitrogens with two attached hydrogens (primary N) is 1. The van der Waals surface area contributed by atoms with Crippen molar-refractivity contribution in [1.29, 1.82) is 0 Å². The van der Waals surface area contributed by atoms with Gasteiger partial charge in [0.25, 0.3) is 0 Å². The van der Waals surface area contributed by atoms with Gasteiger partial charge in [0.05, 0.1) is 5.69 Å². The minimum absolute atomic E-state index is 0.463. The second kappa shape index (κ2) is 4.23. The van der Waals surface area contributed by atoms with E-state index in [1.165, 1.54) is 0 Å². The molecule has 0 unspecified atom stereocenters. The molecule has 0 amide bonds. The van der Waals surface area contributed by atoms with Crippen LogP contribution in [-0.2, 0) is 13.1 Å². The van der Waals surface area contributed by atoms with Crippen LogP contribution in [0, 0.1) is 0 Å². The predicted molar refractivity (Wildman–Crippen MR) is 59.0 cm³/mol. The Morgan fingerprint density at radius 2 is 2.00 bits per heavy atom. The highest BCUT2D eigenvalue weighted by molar-refractivity contribution is 5.60. The van der Waals surface area contributed by atoms with E-state index in [0.717, 1.165) is 23.5 Å². The summed E-state index contributed by atoms with van der Waals surface area (Å²) in [5, 5.41) is 8.23. The van der Waals surface area contributed by atoms with Crippen LogP contribution in [0.2, 0.25) is 0 Å². The Hall–Kier alpha value is -1.68. The molecule has 4 heteroatoms. The van der Waals surface area contributed by atoms with E-state index in [0.29, 0.717) is 6.54 Å². The van der Waals surface area contributed by atoms with Crippen LogP contribution in [0.5, 0.6) is 0 Å². The van der Waals surface area contributed by atoms with E-state index in [9.17, 15) is 0 Å². The van der Waals surface area contributed by atoms with E-state index in [-0.39, 0.29) is 0 Å². The quantitative estimate of drug-likeness (QED) is 0.819. The molecule has 0 aliphatic heterocycles. The molecule has 0 aliphatic rings. The van der Waals surface area contributed by atoms with Gasteiger partial charge in [0, 0.05) is 18.7 Å². The topological polar surface area (TPSA) is 56.7 Å². The molecular weight excluding hydrogens is 188 g/mol. The maximum atomic E-state index is 5.71. The summed E-state index contributed by atoms with van der Waals surface area (Å²) in [6.45, 7) is 3.29. The molecule has 0 bridgehead atoms. The summed E-state index contributed by atoms with van der Waals surface area (Å²) in [6.07, 6.45) is 0. The average Bonchev–Trinajstić information content (AvgIpc) is 2.72. The van der Waals surface area contributed by atoms with Gasteiger partial charge in [0.1, 0.15) is 5.69 Å². The number of aromatic nitrogens is 3. The Balaban J connectivity index is 2.49. The van der Waals surface area contributed by atoms with Gasteiger partial charge in [0.2, 0.25) is 0 Å². The van der Waals surface area contributed by atoms with Crippen molar-refractivity contribution in [2.24, 2.45) is 5.73 Å². The Kier molecular flexibility index (Phi) is 2.78. The maximum Gasteiger partial charge on any atom is 0.117 e. The zero-order valence-corrected chi connectivity index (χ0v) is 8.72. The lowest BCUT2D eigenvalue weighted by Crippen LogP contribution is -2.08. The van der Waals surface area contributed by atoms with Crippen molar-refractivity contribution in [3.8, 4) is 11.3 Å². The summed E-state index contributed by atoms with van der Waals surface area (Å²) >= 11 is 0. The SMILES string of the molecule is CCn1nnc(-c2ccccc2)c1CN. The average molecular weight is 202 g/mol. The van der Waals surface area contributed by atoms with Crippen LogP contribution in [-0.4, -0.2) is 15.0 Å². The normalized spacial score (nSPS) is 10.5. The van der Waals surface area contributed by atoms with Crippen molar-refractivity contribution in [3.05, 3.63) is 36.0 Å². The van der Waals surface area contributed by atoms with Crippen LogP contribution in [0.15, 0.2) is 30.3 Å². The first-order valence-electron chi connectivity index (χ1n) is 5.04. The molecule has 4 nitrogen and oxygen atoms in total. The van der Waals surface area contributed by atoms with Crippen LogP contribution in [0.3, 0.4) is 0 Å². The lowest BCUT2D eigenvalue weighted by molar-refractivity contribution is 0.598. The van der Waals surface area contributed by atoms with Gasteiger partial charge in [-0.15, -0.1) is 5.10 Å². The molecule has 2 rings (SSSR count). The van der Waals surface area contributed by atoms with Crippen molar-refractivity contribution < 1.29 is 0 Å². The number of aryl methyl sites for hydroxylation is 1. The molecule has 1 heterocycles. The molecule has 0 spiro atoms. The van der Waals surface area contributed by atoms with Crippen molar-refractivity contribution >= 4 is 0 Å². The van der Waals surface area contributed by atoms with Gasteiger partial charge in [-0.2, -0.15) is 0 Å². The molecule has 2 aromatic rings. The van der Waals surface area contributed by atoms with Crippen molar-refractivity contribution in [2.75, 3.05) is 0 Å². The summed E-state index contributed by atoms with van der Waals surface area (Å²) in [7, 11) is 0. The minimum Gasteiger partial charge on any atom is -0.325 e. The molecular formula is C11H14N4. The molecule has 0 saturated heterocycles. The van der Waals surface area contributed by atoms with E-state index >= 15 is 0 Å². The molecule has 15 heavy (non-hydrogen) atoms. The zero-order chi connectivity index (χ0) is 10.7. The third-order valence-corrected chi connectivity index (χ3v) is 2.38. The molecule has 1 aromatic carbocycles. The van der Waals surface area contributed by atoms with Crippen LogP contribution in [0.1, 0.15) is 12.6 Å². The fraction of sp³-hybridized carbons (Fsp3) is 0.273. The van der Waals surface area contributed by atoms with Crippen molar-refractivity contribution in [2.45, 2.75) is 20.0 Å². The minimum atomic E-state index is 0.463. The van der Waals surface area contributed by atoms with Crippen LogP contribution < -0.4 is 5.73 Å². The highest BCUT2D eigenvalue weighted by atomic mass is 15.4. The fourth-order valence-corrected chi connectivity index (χ4v) is 1.61. The highest BCUT2D eigenvalue weighted by Crippen LogP contribution is 2.20. The monoisotopic (exact) mass is 202 g/mol. The summed E-state index contributed by atoms with van der Waals surface area (Å²) < 4.78 is 1.84. The summed E-state index contributed by atoms with van der Waals surface area (Å²) in [6, 6.07) is 9.99. The predicted octanol–water partition coefficient (Wildman–Crippen LogP) is 1.42. The number of nitrogens with zero attached hydrogens (tertiary/aromatic N) is 3. The van der Waals surface area contributed by atoms with Crippen LogP contribution in [0.25, 0.3) is 11.3 Å². The lowest BCUT2D eigenvalue weighted by atomic mass is 10.1. The Morgan fingerprint density at radius 3 is 2.60 bits per heavy atom. The summed E-state index contributed by atoms with van der Waals surface area (Å²) in [4.78, 5) is 0. The number of benzene rings is 1.